The lowest BCUT2D eigenvalue weighted by Crippen LogP contribution is -2.35. The number of hydrogen-bond acceptors (Lipinski definition) is 6. The minimum absolute atomic E-state index is 0.180. The van der Waals surface area contributed by atoms with Gasteiger partial charge in [0, 0.05) is 4.88 Å². The summed E-state index contributed by atoms with van der Waals surface area (Å²) in [6, 6.07) is 0. The van der Waals surface area contributed by atoms with Gasteiger partial charge in [0.15, 0.2) is 0 Å². The molecule has 2 N–H and O–H groups in total. The molecule has 21 heavy (non-hydrogen) atoms. The van der Waals surface area contributed by atoms with Gasteiger partial charge in [0.1, 0.15) is 5.00 Å². The average Bonchev–Trinajstić information content (AvgIpc) is 2.74. The third-order valence-electron chi connectivity index (χ3n) is 3.84. The summed E-state index contributed by atoms with van der Waals surface area (Å²) in [4.78, 5) is 25.1. The van der Waals surface area contributed by atoms with Crippen LogP contribution in [0.5, 0.6) is 0 Å². The summed E-state index contributed by atoms with van der Waals surface area (Å²) in [5, 5.41) is 0.478. The predicted molar refractivity (Wildman–Crippen MR) is 81.5 cm³/mol. The Bertz CT molecular complexity index is 566. The molecule has 1 aliphatic rings. The zero-order valence-corrected chi connectivity index (χ0v) is 13.5. The van der Waals surface area contributed by atoms with Crippen LogP contribution in [-0.2, 0) is 27.1 Å². The highest BCUT2D eigenvalue weighted by Crippen LogP contribution is 2.43. The monoisotopic (exact) mass is 311 g/mol. The number of anilines is 1. The number of nitrogens with two attached hydrogens (primary N) is 1. The van der Waals surface area contributed by atoms with Crippen LogP contribution >= 0.6 is 11.3 Å². The maximum Gasteiger partial charge on any atom is 0.341 e. The molecule has 0 radical (unpaired) electrons. The molecule has 0 saturated carbocycles. The number of nitrogen functional groups attached to an aromatic ring is 1. The first-order chi connectivity index (χ1) is 9.92. The van der Waals surface area contributed by atoms with Gasteiger partial charge in [-0.1, -0.05) is 0 Å². The molecule has 0 spiro atoms. The van der Waals surface area contributed by atoms with Crippen molar-refractivity contribution in [3.8, 4) is 0 Å². The molecule has 0 fully saturated rings. The lowest BCUT2D eigenvalue weighted by molar-refractivity contribution is -0.155. The molecule has 116 valence electrons. The fourth-order valence-electron chi connectivity index (χ4n) is 2.69. The van der Waals surface area contributed by atoms with E-state index in [0.29, 0.717) is 43.0 Å². The van der Waals surface area contributed by atoms with Crippen molar-refractivity contribution in [2.45, 2.75) is 40.0 Å². The van der Waals surface area contributed by atoms with E-state index in [0.717, 1.165) is 10.4 Å². The summed E-state index contributed by atoms with van der Waals surface area (Å²) in [6.07, 6.45) is 1.86. The van der Waals surface area contributed by atoms with E-state index < -0.39 is 5.41 Å². The molecule has 0 aliphatic heterocycles. The van der Waals surface area contributed by atoms with Crippen LogP contribution in [0.4, 0.5) is 5.00 Å². The lowest BCUT2D eigenvalue weighted by Gasteiger charge is -2.31. The van der Waals surface area contributed by atoms with Gasteiger partial charge in [-0.3, -0.25) is 4.79 Å². The average molecular weight is 311 g/mol. The summed E-state index contributed by atoms with van der Waals surface area (Å²) in [5.74, 6) is -0.549. The second-order valence-electron chi connectivity index (χ2n) is 5.42. The Kier molecular flexibility index (Phi) is 4.56. The minimum Gasteiger partial charge on any atom is -0.466 e. The van der Waals surface area contributed by atoms with Crippen molar-refractivity contribution in [1.29, 1.82) is 0 Å². The Morgan fingerprint density at radius 2 is 1.95 bits per heavy atom. The number of thiophene rings is 1. The second-order valence-corrected chi connectivity index (χ2v) is 6.56. The molecule has 0 aromatic carbocycles. The summed E-state index contributed by atoms with van der Waals surface area (Å²) in [6.45, 7) is 6.18. The number of ether oxygens (including phenoxy) is 2. The summed E-state index contributed by atoms with van der Waals surface area (Å²) in [5.41, 5.74) is 6.87. The van der Waals surface area contributed by atoms with Crippen molar-refractivity contribution < 1.29 is 19.1 Å². The standard InChI is InChI=1S/C15H21NO4S/c1-4-19-13(17)11-9-6-7-15(3,14(18)20-5-2)8-10(9)21-12(11)16/h4-8,16H2,1-3H3. The van der Waals surface area contributed by atoms with Crippen molar-refractivity contribution in [3.05, 3.63) is 16.0 Å². The smallest absolute Gasteiger partial charge is 0.341 e. The number of carbonyl (C=O) groups is 2. The molecule has 1 unspecified atom stereocenters. The first-order valence-corrected chi connectivity index (χ1v) is 7.99. The van der Waals surface area contributed by atoms with E-state index >= 15 is 0 Å². The molecule has 1 aromatic rings. The van der Waals surface area contributed by atoms with E-state index in [1.165, 1.54) is 11.3 Å². The highest BCUT2D eigenvalue weighted by molar-refractivity contribution is 7.16. The van der Waals surface area contributed by atoms with Gasteiger partial charge >= 0.3 is 11.9 Å². The largest absolute Gasteiger partial charge is 0.466 e. The lowest BCUT2D eigenvalue weighted by atomic mass is 9.75. The Morgan fingerprint density at radius 3 is 2.57 bits per heavy atom. The van der Waals surface area contributed by atoms with Crippen molar-refractivity contribution in [3.63, 3.8) is 0 Å². The quantitative estimate of drug-likeness (QED) is 0.865. The predicted octanol–water partition coefficient (Wildman–Crippen LogP) is 2.57. The summed E-state index contributed by atoms with van der Waals surface area (Å²) in [7, 11) is 0. The van der Waals surface area contributed by atoms with Crippen LogP contribution in [0, 0.1) is 5.41 Å². The normalized spacial score (nSPS) is 20.7. The number of carbonyl (C=O) groups excluding carboxylic acids is 2. The molecule has 0 saturated heterocycles. The minimum atomic E-state index is -0.535. The topological polar surface area (TPSA) is 78.6 Å². The first-order valence-electron chi connectivity index (χ1n) is 7.17. The van der Waals surface area contributed by atoms with E-state index in [-0.39, 0.29) is 11.9 Å². The highest BCUT2D eigenvalue weighted by Gasteiger charge is 2.41. The van der Waals surface area contributed by atoms with Crippen LogP contribution in [0.3, 0.4) is 0 Å². The van der Waals surface area contributed by atoms with Crippen LogP contribution in [0.15, 0.2) is 0 Å². The van der Waals surface area contributed by atoms with Crippen LogP contribution in [0.1, 0.15) is 48.0 Å². The molecule has 0 amide bonds. The number of hydrogen-bond donors (Lipinski definition) is 1. The van der Waals surface area contributed by atoms with E-state index in [1.54, 1.807) is 13.8 Å². The van der Waals surface area contributed by atoms with Gasteiger partial charge in [0.25, 0.3) is 0 Å². The molecule has 1 atom stereocenters. The molecule has 6 heteroatoms. The fraction of sp³-hybridized carbons (Fsp3) is 0.600. The zero-order chi connectivity index (χ0) is 15.6. The third kappa shape index (κ3) is 2.90. The molecule has 0 bridgehead atoms. The number of fused-ring (bicyclic) bond motifs is 1. The zero-order valence-electron chi connectivity index (χ0n) is 12.7. The Labute approximate surface area is 128 Å². The third-order valence-corrected chi connectivity index (χ3v) is 4.90. The van der Waals surface area contributed by atoms with Crippen LogP contribution in [0.2, 0.25) is 0 Å². The number of esters is 2. The molecule has 5 nitrogen and oxygen atoms in total. The maximum atomic E-state index is 12.1. The van der Waals surface area contributed by atoms with Crippen LogP contribution < -0.4 is 5.73 Å². The van der Waals surface area contributed by atoms with E-state index in [4.69, 9.17) is 15.2 Å². The van der Waals surface area contributed by atoms with Gasteiger partial charge in [0.2, 0.25) is 0 Å². The fourth-order valence-corrected chi connectivity index (χ4v) is 3.98. The summed E-state index contributed by atoms with van der Waals surface area (Å²) >= 11 is 1.38. The molecule has 1 aromatic heterocycles. The van der Waals surface area contributed by atoms with Crippen LogP contribution in [0.25, 0.3) is 0 Å². The van der Waals surface area contributed by atoms with Gasteiger partial charge in [-0.05, 0) is 45.6 Å². The molecular formula is C15H21NO4S. The van der Waals surface area contributed by atoms with Gasteiger partial charge in [0.05, 0.1) is 24.2 Å². The first kappa shape index (κ1) is 15.8. The van der Waals surface area contributed by atoms with Crippen molar-refractivity contribution >= 4 is 28.3 Å². The van der Waals surface area contributed by atoms with Crippen molar-refractivity contribution in [2.24, 2.45) is 5.41 Å². The van der Waals surface area contributed by atoms with E-state index in [2.05, 4.69) is 0 Å². The Balaban J connectivity index is 2.29. The van der Waals surface area contributed by atoms with Gasteiger partial charge in [-0.25, -0.2) is 4.79 Å². The second kappa shape index (κ2) is 6.05. The summed E-state index contributed by atoms with van der Waals surface area (Å²) < 4.78 is 10.2. The molecule has 1 aliphatic carbocycles. The Morgan fingerprint density at radius 1 is 1.29 bits per heavy atom. The Hall–Kier alpha value is -1.56. The highest BCUT2D eigenvalue weighted by atomic mass is 32.1. The SMILES string of the molecule is CCOC(=O)c1c(N)sc2c1CCC(C)(C(=O)OCC)C2. The molecule has 2 rings (SSSR count). The van der Waals surface area contributed by atoms with E-state index in [1.807, 2.05) is 6.92 Å². The van der Waals surface area contributed by atoms with Crippen molar-refractivity contribution in [2.75, 3.05) is 18.9 Å². The molecule has 1 heterocycles. The molecular weight excluding hydrogens is 290 g/mol. The van der Waals surface area contributed by atoms with Gasteiger partial charge in [-0.15, -0.1) is 11.3 Å². The van der Waals surface area contributed by atoms with E-state index in [9.17, 15) is 9.59 Å². The maximum absolute atomic E-state index is 12.1. The van der Waals surface area contributed by atoms with Gasteiger partial charge < -0.3 is 15.2 Å². The number of rotatable bonds is 4. The van der Waals surface area contributed by atoms with Gasteiger partial charge in [-0.2, -0.15) is 0 Å². The van der Waals surface area contributed by atoms with Crippen LogP contribution in [-0.4, -0.2) is 25.2 Å². The van der Waals surface area contributed by atoms with Crippen molar-refractivity contribution in [1.82, 2.24) is 0 Å².